The van der Waals surface area contributed by atoms with Gasteiger partial charge < -0.3 is 4.74 Å². The molecule has 0 atom stereocenters. The highest BCUT2D eigenvalue weighted by Crippen LogP contribution is 2.25. The van der Waals surface area contributed by atoms with E-state index in [-0.39, 0.29) is 5.78 Å². The highest BCUT2D eigenvalue weighted by atomic mass is 16.5. The minimum absolute atomic E-state index is 0.118. The van der Waals surface area contributed by atoms with Crippen molar-refractivity contribution in [1.29, 1.82) is 0 Å². The molecule has 3 heteroatoms. The van der Waals surface area contributed by atoms with Crippen LogP contribution in [-0.2, 0) is 0 Å². The largest absolute Gasteiger partial charge is 0.496 e. The zero-order valence-electron chi connectivity index (χ0n) is 12.0. The fourth-order valence-corrected chi connectivity index (χ4v) is 2.43. The number of ether oxygens (including phenoxy) is 1. The molecule has 21 heavy (non-hydrogen) atoms. The SMILES string of the molecule is COc1ccc(C)cc1C(=O)c1nccc2ccccc12. The first-order valence-corrected chi connectivity index (χ1v) is 6.74. The van der Waals surface area contributed by atoms with Crippen molar-refractivity contribution in [3.05, 3.63) is 71.5 Å². The summed E-state index contributed by atoms with van der Waals surface area (Å²) in [6.07, 6.45) is 1.66. The van der Waals surface area contributed by atoms with E-state index in [4.69, 9.17) is 4.74 Å². The molecule has 0 amide bonds. The summed E-state index contributed by atoms with van der Waals surface area (Å²) in [5, 5.41) is 1.86. The van der Waals surface area contributed by atoms with E-state index in [1.807, 2.05) is 55.5 Å². The van der Waals surface area contributed by atoms with Crippen LogP contribution in [0.1, 0.15) is 21.6 Å². The summed E-state index contributed by atoms with van der Waals surface area (Å²) in [6, 6.07) is 15.2. The van der Waals surface area contributed by atoms with Crippen LogP contribution in [0.15, 0.2) is 54.7 Å². The number of nitrogens with zero attached hydrogens (tertiary/aromatic N) is 1. The number of hydrogen-bond acceptors (Lipinski definition) is 3. The van der Waals surface area contributed by atoms with E-state index >= 15 is 0 Å². The molecule has 104 valence electrons. The number of rotatable bonds is 3. The third kappa shape index (κ3) is 2.38. The van der Waals surface area contributed by atoms with Gasteiger partial charge in [0.1, 0.15) is 11.4 Å². The summed E-state index contributed by atoms with van der Waals surface area (Å²) < 4.78 is 5.31. The number of pyridine rings is 1. The number of benzene rings is 2. The molecule has 1 aromatic heterocycles. The second-order valence-corrected chi connectivity index (χ2v) is 4.91. The van der Waals surface area contributed by atoms with Crippen molar-refractivity contribution in [3.63, 3.8) is 0 Å². The van der Waals surface area contributed by atoms with Crippen molar-refractivity contribution in [2.24, 2.45) is 0 Å². The van der Waals surface area contributed by atoms with E-state index in [0.29, 0.717) is 17.0 Å². The predicted octanol–water partition coefficient (Wildman–Crippen LogP) is 3.78. The molecule has 3 aromatic rings. The Morgan fingerprint density at radius 2 is 1.90 bits per heavy atom. The molecular weight excluding hydrogens is 262 g/mol. The number of ketones is 1. The highest BCUT2D eigenvalue weighted by molar-refractivity contribution is 6.16. The van der Waals surface area contributed by atoms with Gasteiger partial charge >= 0.3 is 0 Å². The Hall–Kier alpha value is -2.68. The second kappa shape index (κ2) is 5.37. The van der Waals surface area contributed by atoms with Crippen LogP contribution >= 0.6 is 0 Å². The third-order valence-electron chi connectivity index (χ3n) is 3.49. The maximum Gasteiger partial charge on any atom is 0.215 e. The summed E-state index contributed by atoms with van der Waals surface area (Å²) >= 11 is 0. The Kier molecular flexibility index (Phi) is 3.40. The first-order valence-electron chi connectivity index (χ1n) is 6.74. The van der Waals surface area contributed by atoms with Gasteiger partial charge in [0, 0.05) is 11.6 Å². The standard InChI is InChI=1S/C18H15NO2/c1-12-7-8-16(21-2)15(11-12)18(20)17-14-6-4-3-5-13(14)9-10-19-17/h3-11H,1-2H3. The lowest BCUT2D eigenvalue weighted by atomic mass is 10.0. The van der Waals surface area contributed by atoms with Gasteiger partial charge in [0.2, 0.25) is 5.78 Å². The Morgan fingerprint density at radius 1 is 1.10 bits per heavy atom. The average molecular weight is 277 g/mol. The predicted molar refractivity (Wildman–Crippen MR) is 82.9 cm³/mol. The van der Waals surface area contributed by atoms with Gasteiger partial charge in [-0.15, -0.1) is 0 Å². The van der Waals surface area contributed by atoms with Crippen LogP contribution in [0.25, 0.3) is 10.8 Å². The van der Waals surface area contributed by atoms with Gasteiger partial charge in [0.15, 0.2) is 0 Å². The van der Waals surface area contributed by atoms with Crippen molar-refractivity contribution in [3.8, 4) is 5.75 Å². The lowest BCUT2D eigenvalue weighted by Crippen LogP contribution is -2.07. The Labute approximate surface area is 123 Å². The fourth-order valence-electron chi connectivity index (χ4n) is 2.43. The minimum atomic E-state index is -0.118. The summed E-state index contributed by atoms with van der Waals surface area (Å²) in [6.45, 7) is 1.95. The molecule has 0 aliphatic carbocycles. The van der Waals surface area contributed by atoms with E-state index in [2.05, 4.69) is 4.98 Å². The van der Waals surface area contributed by atoms with Gasteiger partial charge in [0.25, 0.3) is 0 Å². The zero-order chi connectivity index (χ0) is 14.8. The van der Waals surface area contributed by atoms with E-state index in [9.17, 15) is 4.79 Å². The normalized spacial score (nSPS) is 10.6. The number of methoxy groups -OCH3 is 1. The fraction of sp³-hybridized carbons (Fsp3) is 0.111. The molecule has 0 radical (unpaired) electrons. The Morgan fingerprint density at radius 3 is 2.71 bits per heavy atom. The van der Waals surface area contributed by atoms with E-state index in [0.717, 1.165) is 16.3 Å². The van der Waals surface area contributed by atoms with Crippen molar-refractivity contribution >= 4 is 16.6 Å². The van der Waals surface area contributed by atoms with Gasteiger partial charge in [-0.1, -0.05) is 35.9 Å². The van der Waals surface area contributed by atoms with E-state index < -0.39 is 0 Å². The van der Waals surface area contributed by atoms with Crippen LogP contribution in [0.5, 0.6) is 5.75 Å². The van der Waals surface area contributed by atoms with Crippen molar-refractivity contribution in [2.75, 3.05) is 7.11 Å². The van der Waals surface area contributed by atoms with Crippen LogP contribution in [0, 0.1) is 6.92 Å². The summed E-state index contributed by atoms with van der Waals surface area (Å²) in [5.41, 5.74) is 2.01. The summed E-state index contributed by atoms with van der Waals surface area (Å²) in [7, 11) is 1.57. The topological polar surface area (TPSA) is 39.2 Å². The smallest absolute Gasteiger partial charge is 0.215 e. The molecular formula is C18H15NO2. The minimum Gasteiger partial charge on any atom is -0.496 e. The lowest BCUT2D eigenvalue weighted by molar-refractivity contribution is 0.103. The molecule has 0 aliphatic heterocycles. The first-order chi connectivity index (χ1) is 10.2. The van der Waals surface area contributed by atoms with Crippen molar-refractivity contribution < 1.29 is 9.53 Å². The molecule has 0 unspecified atom stereocenters. The van der Waals surface area contributed by atoms with Gasteiger partial charge in [-0.05, 0) is 30.5 Å². The number of carbonyl (C=O) groups is 1. The number of fused-ring (bicyclic) bond motifs is 1. The molecule has 3 rings (SSSR count). The monoisotopic (exact) mass is 277 g/mol. The van der Waals surface area contributed by atoms with Crippen LogP contribution in [0.2, 0.25) is 0 Å². The van der Waals surface area contributed by atoms with Crippen LogP contribution in [-0.4, -0.2) is 17.9 Å². The molecule has 2 aromatic carbocycles. The highest BCUT2D eigenvalue weighted by Gasteiger charge is 2.18. The molecule has 3 nitrogen and oxygen atoms in total. The van der Waals surface area contributed by atoms with Gasteiger partial charge in [-0.3, -0.25) is 9.78 Å². The molecule has 0 aliphatic rings. The average Bonchev–Trinajstić information content (AvgIpc) is 2.53. The first kappa shape index (κ1) is 13.3. The van der Waals surface area contributed by atoms with Crippen molar-refractivity contribution in [2.45, 2.75) is 6.92 Å². The van der Waals surface area contributed by atoms with E-state index in [1.54, 1.807) is 13.3 Å². The summed E-state index contributed by atoms with van der Waals surface area (Å²) in [5.74, 6) is 0.452. The van der Waals surface area contributed by atoms with Gasteiger partial charge in [0.05, 0.1) is 12.7 Å². The van der Waals surface area contributed by atoms with Crippen LogP contribution in [0.3, 0.4) is 0 Å². The van der Waals surface area contributed by atoms with Crippen LogP contribution in [0.4, 0.5) is 0 Å². The van der Waals surface area contributed by atoms with Crippen molar-refractivity contribution in [1.82, 2.24) is 4.98 Å². The molecule has 1 heterocycles. The summed E-state index contributed by atoms with van der Waals surface area (Å²) in [4.78, 5) is 17.1. The molecule has 0 N–H and O–H groups in total. The third-order valence-corrected chi connectivity index (χ3v) is 3.49. The number of hydrogen-bond donors (Lipinski definition) is 0. The quantitative estimate of drug-likeness (QED) is 0.684. The molecule has 0 bridgehead atoms. The maximum atomic E-state index is 12.8. The number of aromatic nitrogens is 1. The van der Waals surface area contributed by atoms with E-state index in [1.165, 1.54) is 0 Å². The maximum absolute atomic E-state index is 12.8. The lowest BCUT2D eigenvalue weighted by Gasteiger charge is -2.09. The Bertz CT molecular complexity index is 819. The number of carbonyl (C=O) groups excluding carboxylic acids is 1. The molecule has 0 spiro atoms. The second-order valence-electron chi connectivity index (χ2n) is 4.91. The Balaban J connectivity index is 2.20. The van der Waals surface area contributed by atoms with Gasteiger partial charge in [-0.25, -0.2) is 0 Å². The number of aryl methyl sites for hydroxylation is 1. The molecule has 0 saturated carbocycles. The molecule has 0 saturated heterocycles. The zero-order valence-corrected chi connectivity index (χ0v) is 12.0. The molecule has 0 fully saturated rings. The van der Waals surface area contributed by atoms with Gasteiger partial charge in [-0.2, -0.15) is 0 Å². The van der Waals surface area contributed by atoms with Crippen LogP contribution < -0.4 is 4.74 Å².